The summed E-state index contributed by atoms with van der Waals surface area (Å²) >= 11 is 0. The second kappa shape index (κ2) is 7.25. The fourth-order valence-corrected chi connectivity index (χ4v) is 3.27. The van der Waals surface area contributed by atoms with E-state index < -0.39 is 0 Å². The van der Waals surface area contributed by atoms with Gasteiger partial charge in [0.15, 0.2) is 0 Å². The first-order chi connectivity index (χ1) is 9.18. The van der Waals surface area contributed by atoms with Gasteiger partial charge in [0.1, 0.15) is 0 Å². The lowest BCUT2D eigenvalue weighted by atomic mass is 10.0. The van der Waals surface area contributed by atoms with Crippen molar-refractivity contribution >= 4 is 5.91 Å². The maximum absolute atomic E-state index is 12.2. The van der Waals surface area contributed by atoms with Gasteiger partial charge in [0, 0.05) is 25.2 Å². The van der Waals surface area contributed by atoms with Gasteiger partial charge in [-0.3, -0.25) is 9.69 Å². The summed E-state index contributed by atoms with van der Waals surface area (Å²) in [6, 6.07) is 1.07. The summed E-state index contributed by atoms with van der Waals surface area (Å²) in [5.41, 5.74) is 0. The molecule has 0 saturated carbocycles. The zero-order valence-corrected chi connectivity index (χ0v) is 12.5. The first-order valence-electron chi connectivity index (χ1n) is 7.95. The normalized spacial score (nSPS) is 29.4. The highest BCUT2D eigenvalue weighted by molar-refractivity contribution is 5.82. The van der Waals surface area contributed by atoms with Crippen LogP contribution in [0.15, 0.2) is 0 Å². The van der Waals surface area contributed by atoms with Crippen molar-refractivity contribution in [3.8, 4) is 0 Å². The van der Waals surface area contributed by atoms with Gasteiger partial charge in [-0.2, -0.15) is 0 Å². The molecule has 4 nitrogen and oxygen atoms in total. The van der Waals surface area contributed by atoms with E-state index in [9.17, 15) is 4.79 Å². The van der Waals surface area contributed by atoms with Gasteiger partial charge in [0.05, 0.1) is 6.04 Å². The lowest BCUT2D eigenvalue weighted by Crippen LogP contribution is -2.54. The second-order valence-corrected chi connectivity index (χ2v) is 6.24. The van der Waals surface area contributed by atoms with Gasteiger partial charge in [-0.05, 0) is 52.5 Å². The molecule has 0 radical (unpaired) electrons. The Kier molecular flexibility index (Phi) is 5.64. The van der Waals surface area contributed by atoms with Crippen LogP contribution >= 0.6 is 0 Å². The van der Waals surface area contributed by atoms with E-state index >= 15 is 0 Å². The van der Waals surface area contributed by atoms with Crippen LogP contribution in [0.4, 0.5) is 0 Å². The number of amides is 1. The molecule has 1 amide bonds. The lowest BCUT2D eigenvalue weighted by molar-refractivity contribution is -0.127. The summed E-state index contributed by atoms with van der Waals surface area (Å²) in [5, 5.41) is 6.67. The van der Waals surface area contributed by atoms with Crippen molar-refractivity contribution in [1.82, 2.24) is 15.5 Å². The van der Waals surface area contributed by atoms with Gasteiger partial charge in [0.2, 0.25) is 5.91 Å². The standard InChI is InChI=1S/C15H29N3O/c1-12(2)18(11-13-7-3-5-9-16-13)14-8-4-6-10-17-15(14)19/h12-14,16H,3-11H2,1-2H3,(H,17,19). The highest BCUT2D eigenvalue weighted by atomic mass is 16.2. The summed E-state index contributed by atoms with van der Waals surface area (Å²) in [6.45, 7) is 7.41. The molecule has 110 valence electrons. The van der Waals surface area contributed by atoms with Gasteiger partial charge in [0.25, 0.3) is 0 Å². The minimum absolute atomic E-state index is 0.0752. The van der Waals surface area contributed by atoms with Crippen LogP contribution in [0.25, 0.3) is 0 Å². The van der Waals surface area contributed by atoms with Crippen LogP contribution in [-0.2, 0) is 4.79 Å². The molecule has 2 rings (SSSR count). The maximum Gasteiger partial charge on any atom is 0.237 e. The topological polar surface area (TPSA) is 44.4 Å². The molecule has 0 aromatic carbocycles. The molecule has 4 heteroatoms. The Morgan fingerprint density at radius 2 is 1.89 bits per heavy atom. The first kappa shape index (κ1) is 14.8. The Labute approximate surface area is 117 Å². The second-order valence-electron chi connectivity index (χ2n) is 6.24. The smallest absolute Gasteiger partial charge is 0.237 e. The van der Waals surface area contributed by atoms with E-state index in [1.807, 2.05) is 0 Å². The highest BCUT2D eigenvalue weighted by Crippen LogP contribution is 2.18. The Hall–Kier alpha value is -0.610. The number of carbonyl (C=O) groups excluding carboxylic acids is 1. The fraction of sp³-hybridized carbons (Fsp3) is 0.933. The van der Waals surface area contributed by atoms with Crippen LogP contribution in [0, 0.1) is 0 Å². The predicted molar refractivity (Wildman–Crippen MR) is 78.1 cm³/mol. The molecule has 0 spiro atoms. The molecule has 2 atom stereocenters. The molecule has 2 fully saturated rings. The van der Waals surface area contributed by atoms with Gasteiger partial charge >= 0.3 is 0 Å². The van der Waals surface area contributed by atoms with E-state index in [-0.39, 0.29) is 11.9 Å². The Bertz CT molecular complexity index is 287. The molecule has 2 saturated heterocycles. The van der Waals surface area contributed by atoms with Crippen molar-refractivity contribution < 1.29 is 4.79 Å². The average molecular weight is 267 g/mol. The molecule has 19 heavy (non-hydrogen) atoms. The van der Waals surface area contributed by atoms with E-state index in [1.54, 1.807) is 0 Å². The fourth-order valence-electron chi connectivity index (χ4n) is 3.27. The number of carbonyl (C=O) groups is 1. The largest absolute Gasteiger partial charge is 0.355 e. The number of piperidine rings is 1. The van der Waals surface area contributed by atoms with Gasteiger partial charge in [-0.25, -0.2) is 0 Å². The third-order valence-electron chi connectivity index (χ3n) is 4.41. The molecular weight excluding hydrogens is 238 g/mol. The molecule has 2 aliphatic heterocycles. The quantitative estimate of drug-likeness (QED) is 0.811. The molecule has 2 heterocycles. The Balaban J connectivity index is 1.98. The van der Waals surface area contributed by atoms with Crippen molar-refractivity contribution in [1.29, 1.82) is 0 Å². The van der Waals surface area contributed by atoms with E-state index in [4.69, 9.17) is 0 Å². The lowest BCUT2D eigenvalue weighted by Gasteiger charge is -2.37. The SMILES string of the molecule is CC(C)N(CC1CCCCN1)C1CCCCNC1=O. The molecule has 0 aliphatic carbocycles. The summed E-state index contributed by atoms with van der Waals surface area (Å²) in [7, 11) is 0. The van der Waals surface area contributed by atoms with Crippen molar-refractivity contribution in [2.45, 2.75) is 70.5 Å². The minimum atomic E-state index is 0.0752. The summed E-state index contributed by atoms with van der Waals surface area (Å²) in [5.74, 6) is 0.238. The number of nitrogens with zero attached hydrogens (tertiary/aromatic N) is 1. The zero-order valence-electron chi connectivity index (χ0n) is 12.5. The predicted octanol–water partition coefficient (Wildman–Crippen LogP) is 1.51. The number of rotatable bonds is 4. The zero-order chi connectivity index (χ0) is 13.7. The van der Waals surface area contributed by atoms with Crippen molar-refractivity contribution in [3.63, 3.8) is 0 Å². The number of hydrogen-bond acceptors (Lipinski definition) is 3. The molecule has 0 bridgehead atoms. The van der Waals surface area contributed by atoms with Gasteiger partial charge < -0.3 is 10.6 Å². The molecule has 2 unspecified atom stereocenters. The van der Waals surface area contributed by atoms with Crippen molar-refractivity contribution in [2.24, 2.45) is 0 Å². The van der Waals surface area contributed by atoms with Crippen LogP contribution in [0.5, 0.6) is 0 Å². The minimum Gasteiger partial charge on any atom is -0.355 e. The van der Waals surface area contributed by atoms with Gasteiger partial charge in [-0.1, -0.05) is 6.42 Å². The van der Waals surface area contributed by atoms with Crippen LogP contribution in [0.3, 0.4) is 0 Å². The summed E-state index contributed by atoms with van der Waals surface area (Å²) in [4.78, 5) is 14.6. The van der Waals surface area contributed by atoms with Crippen LogP contribution < -0.4 is 10.6 Å². The molecule has 0 aromatic rings. The Morgan fingerprint density at radius 3 is 2.58 bits per heavy atom. The third-order valence-corrected chi connectivity index (χ3v) is 4.41. The van der Waals surface area contributed by atoms with E-state index in [0.717, 1.165) is 38.9 Å². The summed E-state index contributed by atoms with van der Waals surface area (Å²) in [6.07, 6.45) is 7.15. The van der Waals surface area contributed by atoms with Crippen molar-refractivity contribution in [2.75, 3.05) is 19.6 Å². The maximum atomic E-state index is 12.2. The number of hydrogen-bond donors (Lipinski definition) is 2. The summed E-state index contributed by atoms with van der Waals surface area (Å²) < 4.78 is 0. The number of nitrogens with one attached hydrogen (secondary N) is 2. The van der Waals surface area contributed by atoms with Crippen LogP contribution in [-0.4, -0.2) is 48.6 Å². The Morgan fingerprint density at radius 1 is 1.16 bits per heavy atom. The van der Waals surface area contributed by atoms with E-state index in [0.29, 0.717) is 12.1 Å². The van der Waals surface area contributed by atoms with E-state index in [1.165, 1.54) is 19.3 Å². The van der Waals surface area contributed by atoms with Crippen molar-refractivity contribution in [3.05, 3.63) is 0 Å². The molecule has 2 aliphatic rings. The monoisotopic (exact) mass is 267 g/mol. The van der Waals surface area contributed by atoms with E-state index in [2.05, 4.69) is 29.4 Å². The molecule has 2 N–H and O–H groups in total. The highest BCUT2D eigenvalue weighted by Gasteiger charge is 2.30. The third kappa shape index (κ3) is 4.18. The molecule has 0 aromatic heterocycles. The first-order valence-corrected chi connectivity index (χ1v) is 7.95. The van der Waals surface area contributed by atoms with Crippen LogP contribution in [0.1, 0.15) is 52.4 Å². The van der Waals surface area contributed by atoms with Gasteiger partial charge in [-0.15, -0.1) is 0 Å². The van der Waals surface area contributed by atoms with Crippen LogP contribution in [0.2, 0.25) is 0 Å². The molecular formula is C15H29N3O. The average Bonchev–Trinajstić information content (AvgIpc) is 2.62.